The molecule has 1 saturated heterocycles. The predicted molar refractivity (Wildman–Crippen MR) is 96.7 cm³/mol. The number of amides is 1. The van der Waals surface area contributed by atoms with Crippen molar-refractivity contribution in [3.05, 3.63) is 26.6 Å². The third-order valence-corrected chi connectivity index (χ3v) is 5.58. The van der Waals surface area contributed by atoms with Crippen molar-refractivity contribution < 1.29 is 4.79 Å². The molecular formula is C17H24N4O2S. The van der Waals surface area contributed by atoms with E-state index in [0.29, 0.717) is 27.5 Å². The molecule has 1 aliphatic heterocycles. The number of nitrogens with one attached hydrogen (secondary N) is 1. The van der Waals surface area contributed by atoms with Crippen LogP contribution in [0, 0.1) is 6.92 Å². The third kappa shape index (κ3) is 3.37. The van der Waals surface area contributed by atoms with E-state index in [0.717, 1.165) is 31.5 Å². The van der Waals surface area contributed by atoms with Gasteiger partial charge in [-0.3, -0.25) is 9.59 Å². The Balaban J connectivity index is 1.99. The van der Waals surface area contributed by atoms with E-state index in [2.05, 4.69) is 9.97 Å². The number of H-pyrrole nitrogens is 1. The Morgan fingerprint density at radius 2 is 1.92 bits per heavy atom. The van der Waals surface area contributed by atoms with Gasteiger partial charge in [-0.2, -0.15) is 0 Å². The molecule has 0 unspecified atom stereocenters. The number of nitrogens with zero attached hydrogens (tertiary/aromatic N) is 3. The second kappa shape index (κ2) is 7.03. The molecule has 0 aromatic carbocycles. The summed E-state index contributed by atoms with van der Waals surface area (Å²) in [7, 11) is 3.86. The lowest BCUT2D eigenvalue weighted by atomic mass is 10.2. The van der Waals surface area contributed by atoms with Crippen molar-refractivity contribution in [2.75, 3.05) is 27.2 Å². The zero-order chi connectivity index (χ0) is 17.3. The van der Waals surface area contributed by atoms with Crippen LogP contribution >= 0.6 is 11.3 Å². The van der Waals surface area contributed by atoms with Crippen LogP contribution in [0.1, 0.15) is 46.7 Å². The predicted octanol–water partition coefficient (Wildman–Crippen LogP) is 2.37. The summed E-state index contributed by atoms with van der Waals surface area (Å²) in [4.78, 5) is 37.9. The maximum atomic E-state index is 12.9. The molecule has 24 heavy (non-hydrogen) atoms. The van der Waals surface area contributed by atoms with Crippen molar-refractivity contribution >= 4 is 27.5 Å². The number of fused-ring (bicyclic) bond motifs is 1. The van der Waals surface area contributed by atoms with Crippen molar-refractivity contribution in [1.29, 1.82) is 0 Å². The van der Waals surface area contributed by atoms with Crippen molar-refractivity contribution in [1.82, 2.24) is 19.8 Å². The van der Waals surface area contributed by atoms with Crippen LogP contribution in [-0.2, 0) is 6.54 Å². The van der Waals surface area contributed by atoms with Crippen LogP contribution in [0.2, 0.25) is 0 Å². The highest BCUT2D eigenvalue weighted by molar-refractivity contribution is 7.20. The molecule has 3 rings (SSSR count). The maximum Gasteiger partial charge on any atom is 0.264 e. The van der Waals surface area contributed by atoms with Crippen LogP contribution < -0.4 is 5.56 Å². The number of thiophene rings is 1. The van der Waals surface area contributed by atoms with Gasteiger partial charge in [0.05, 0.1) is 16.8 Å². The lowest BCUT2D eigenvalue weighted by molar-refractivity contribution is 0.0766. The summed E-state index contributed by atoms with van der Waals surface area (Å²) in [6, 6.07) is 0. The summed E-state index contributed by atoms with van der Waals surface area (Å²) >= 11 is 1.35. The molecule has 1 amide bonds. The first-order valence-electron chi connectivity index (χ1n) is 8.43. The first-order chi connectivity index (χ1) is 11.5. The molecule has 1 N–H and O–H groups in total. The number of carbonyl (C=O) groups excluding carboxylic acids is 1. The highest BCUT2D eigenvalue weighted by Crippen LogP contribution is 2.29. The Labute approximate surface area is 145 Å². The van der Waals surface area contributed by atoms with E-state index in [1.165, 1.54) is 24.2 Å². The smallest absolute Gasteiger partial charge is 0.264 e. The number of hydrogen-bond acceptors (Lipinski definition) is 5. The van der Waals surface area contributed by atoms with E-state index >= 15 is 0 Å². The molecule has 3 heterocycles. The molecule has 1 fully saturated rings. The first kappa shape index (κ1) is 17.1. The van der Waals surface area contributed by atoms with Gasteiger partial charge in [-0.05, 0) is 39.4 Å². The van der Waals surface area contributed by atoms with Crippen molar-refractivity contribution in [2.24, 2.45) is 0 Å². The van der Waals surface area contributed by atoms with E-state index in [4.69, 9.17) is 0 Å². The Hall–Kier alpha value is -1.73. The van der Waals surface area contributed by atoms with Crippen molar-refractivity contribution in [3.8, 4) is 0 Å². The normalized spacial score (nSPS) is 15.9. The van der Waals surface area contributed by atoms with Gasteiger partial charge in [0.25, 0.3) is 11.5 Å². The number of aromatic nitrogens is 2. The molecule has 2 aromatic heterocycles. The first-order valence-corrected chi connectivity index (χ1v) is 9.25. The zero-order valence-electron chi connectivity index (χ0n) is 14.5. The Bertz CT molecular complexity index is 801. The molecular weight excluding hydrogens is 324 g/mol. The van der Waals surface area contributed by atoms with Crippen LogP contribution in [0.5, 0.6) is 0 Å². The van der Waals surface area contributed by atoms with Crippen LogP contribution in [0.3, 0.4) is 0 Å². The van der Waals surface area contributed by atoms with Crippen molar-refractivity contribution in [2.45, 2.75) is 39.2 Å². The average Bonchev–Trinajstić information content (AvgIpc) is 2.71. The molecule has 0 spiro atoms. The SMILES string of the molecule is Cc1c(C(=O)N2CCCCCC2)sc2nc(CN(C)C)[nH]c(=O)c12. The molecule has 0 saturated carbocycles. The molecule has 0 radical (unpaired) electrons. The van der Waals surface area contributed by atoms with Gasteiger partial charge in [0.2, 0.25) is 0 Å². The fourth-order valence-corrected chi connectivity index (χ4v) is 4.35. The van der Waals surface area contributed by atoms with E-state index in [-0.39, 0.29) is 11.5 Å². The van der Waals surface area contributed by atoms with E-state index in [1.807, 2.05) is 30.8 Å². The summed E-state index contributed by atoms with van der Waals surface area (Å²) in [5.41, 5.74) is 0.606. The molecule has 130 valence electrons. The number of hydrogen-bond donors (Lipinski definition) is 1. The summed E-state index contributed by atoms with van der Waals surface area (Å²) in [5, 5.41) is 0.556. The van der Waals surface area contributed by atoms with Gasteiger partial charge in [0.1, 0.15) is 10.7 Å². The minimum atomic E-state index is -0.152. The van der Waals surface area contributed by atoms with E-state index in [1.54, 1.807) is 0 Å². The Kier molecular flexibility index (Phi) is 5.01. The van der Waals surface area contributed by atoms with Gasteiger partial charge in [0, 0.05) is 13.1 Å². The van der Waals surface area contributed by atoms with Crippen LogP contribution in [-0.4, -0.2) is 52.9 Å². The fraction of sp³-hybridized carbons (Fsp3) is 0.588. The molecule has 6 nitrogen and oxygen atoms in total. The maximum absolute atomic E-state index is 12.9. The Morgan fingerprint density at radius 3 is 2.54 bits per heavy atom. The number of aryl methyl sites for hydroxylation is 1. The van der Waals surface area contributed by atoms with Crippen LogP contribution in [0.4, 0.5) is 0 Å². The van der Waals surface area contributed by atoms with Gasteiger partial charge >= 0.3 is 0 Å². The molecule has 1 aliphatic rings. The summed E-state index contributed by atoms with van der Waals surface area (Å²) in [6.45, 7) is 4.04. The molecule has 2 aromatic rings. The number of rotatable bonds is 3. The highest BCUT2D eigenvalue weighted by atomic mass is 32.1. The number of carbonyl (C=O) groups is 1. The third-order valence-electron chi connectivity index (χ3n) is 4.40. The second-order valence-corrected chi connectivity index (χ2v) is 7.69. The number of likely N-dealkylation sites (tertiary alicyclic amines) is 1. The van der Waals surface area contributed by atoms with Crippen LogP contribution in [0.15, 0.2) is 4.79 Å². The average molecular weight is 348 g/mol. The molecule has 0 bridgehead atoms. The second-order valence-electron chi connectivity index (χ2n) is 6.69. The minimum absolute atomic E-state index is 0.0472. The lowest BCUT2D eigenvalue weighted by Gasteiger charge is -2.19. The molecule has 0 aliphatic carbocycles. The van der Waals surface area contributed by atoms with E-state index < -0.39 is 0 Å². The molecule has 0 atom stereocenters. The molecule has 7 heteroatoms. The number of aromatic amines is 1. The highest BCUT2D eigenvalue weighted by Gasteiger charge is 2.24. The lowest BCUT2D eigenvalue weighted by Crippen LogP contribution is -2.31. The quantitative estimate of drug-likeness (QED) is 0.924. The fourth-order valence-electron chi connectivity index (χ4n) is 3.18. The zero-order valence-corrected chi connectivity index (χ0v) is 15.3. The van der Waals surface area contributed by atoms with E-state index in [9.17, 15) is 9.59 Å². The topological polar surface area (TPSA) is 69.3 Å². The van der Waals surface area contributed by atoms with Gasteiger partial charge in [0.15, 0.2) is 0 Å². The minimum Gasteiger partial charge on any atom is -0.338 e. The van der Waals surface area contributed by atoms with Gasteiger partial charge in [-0.1, -0.05) is 12.8 Å². The summed E-state index contributed by atoms with van der Waals surface area (Å²) in [6.07, 6.45) is 4.48. The Morgan fingerprint density at radius 1 is 1.25 bits per heavy atom. The van der Waals surface area contributed by atoms with Crippen LogP contribution in [0.25, 0.3) is 10.2 Å². The van der Waals surface area contributed by atoms with Gasteiger partial charge in [-0.15, -0.1) is 11.3 Å². The van der Waals surface area contributed by atoms with Crippen molar-refractivity contribution in [3.63, 3.8) is 0 Å². The van der Waals surface area contributed by atoms with Gasteiger partial charge in [-0.25, -0.2) is 4.98 Å². The monoisotopic (exact) mass is 348 g/mol. The summed E-state index contributed by atoms with van der Waals surface area (Å²) in [5.74, 6) is 0.679. The summed E-state index contributed by atoms with van der Waals surface area (Å²) < 4.78 is 0. The van der Waals surface area contributed by atoms with Gasteiger partial charge < -0.3 is 14.8 Å². The standard InChI is InChI=1S/C17H24N4O2S/c1-11-13-15(22)18-12(10-20(2)3)19-16(13)24-14(11)17(23)21-8-6-4-5-7-9-21/h4-10H2,1-3H3,(H,18,19,22). The largest absolute Gasteiger partial charge is 0.338 e.